The van der Waals surface area contributed by atoms with Gasteiger partial charge in [0.15, 0.2) is 5.65 Å². The number of allylic oxidation sites excluding steroid dienone is 3. The summed E-state index contributed by atoms with van der Waals surface area (Å²) in [6.45, 7) is 14.3. The Kier molecular flexibility index (Phi) is 9.30. The van der Waals surface area contributed by atoms with E-state index in [1.54, 1.807) is 34.9 Å². The lowest BCUT2D eigenvalue weighted by atomic mass is 10.1. The van der Waals surface area contributed by atoms with Gasteiger partial charge in [0.05, 0.1) is 28.3 Å². The molecule has 10 heteroatoms. The number of fused-ring (bicyclic) bond motifs is 2. The third-order valence-corrected chi connectivity index (χ3v) is 6.19. The molecule has 4 heterocycles. The lowest BCUT2D eigenvalue weighted by Gasteiger charge is -2.28. The number of aromatic amines is 1. The Balaban J connectivity index is 0.000000907. The molecule has 1 aromatic carbocycles. The van der Waals surface area contributed by atoms with Crippen LogP contribution in [0.25, 0.3) is 27.6 Å². The number of rotatable bonds is 4. The first-order valence-electron chi connectivity index (χ1n) is 12.5. The molecule has 1 unspecified atom stereocenters. The Morgan fingerprint density at radius 1 is 1.14 bits per heavy atom. The average Bonchev–Trinajstić information content (AvgIpc) is 3.42. The third-order valence-electron chi connectivity index (χ3n) is 5.88. The van der Waals surface area contributed by atoms with Crippen molar-refractivity contribution in [3.63, 3.8) is 0 Å². The summed E-state index contributed by atoms with van der Waals surface area (Å²) in [7, 11) is 0. The fourth-order valence-electron chi connectivity index (χ4n) is 4.42. The zero-order chi connectivity index (χ0) is 27.1. The minimum atomic E-state index is -0.322. The highest BCUT2D eigenvalue weighted by molar-refractivity contribution is 6.35. The van der Waals surface area contributed by atoms with Crippen molar-refractivity contribution in [1.82, 2.24) is 29.5 Å². The van der Waals surface area contributed by atoms with E-state index in [4.69, 9.17) is 16.6 Å². The first-order valence-corrected chi connectivity index (χ1v) is 12.9. The van der Waals surface area contributed by atoms with Crippen LogP contribution in [0.4, 0.5) is 5.82 Å². The molecule has 1 saturated heterocycles. The van der Waals surface area contributed by atoms with Crippen LogP contribution >= 0.6 is 11.6 Å². The van der Waals surface area contributed by atoms with Gasteiger partial charge in [0.25, 0.3) is 11.1 Å². The molecular weight excluding hydrogens is 490 g/mol. The minimum Gasteiger partial charge on any atom is -0.346 e. The largest absolute Gasteiger partial charge is 0.346 e. The molecule has 1 aliphatic rings. The summed E-state index contributed by atoms with van der Waals surface area (Å²) in [5.41, 5.74) is 0.829. The average molecular weight is 522 g/mol. The predicted molar refractivity (Wildman–Crippen MR) is 151 cm³/mol. The van der Waals surface area contributed by atoms with Crippen molar-refractivity contribution < 1.29 is 0 Å². The Bertz CT molecular complexity index is 1550. The van der Waals surface area contributed by atoms with Gasteiger partial charge in [0, 0.05) is 12.2 Å². The second-order valence-electron chi connectivity index (χ2n) is 7.64. The maximum atomic E-state index is 13.6. The number of benzene rings is 1. The maximum Gasteiger partial charge on any atom is 0.267 e. The minimum absolute atomic E-state index is 0.271. The molecule has 37 heavy (non-hydrogen) atoms. The summed E-state index contributed by atoms with van der Waals surface area (Å²) in [4.78, 5) is 48.5. The van der Waals surface area contributed by atoms with Crippen LogP contribution in [-0.4, -0.2) is 36.0 Å². The highest BCUT2D eigenvalue weighted by Crippen LogP contribution is 2.37. The van der Waals surface area contributed by atoms with Gasteiger partial charge in [-0.2, -0.15) is 0 Å². The second-order valence-corrected chi connectivity index (χ2v) is 8.05. The van der Waals surface area contributed by atoms with Gasteiger partial charge in [-0.25, -0.2) is 19.9 Å². The fraction of sp³-hybridized carbons (Fsp3) is 0.333. The second kappa shape index (κ2) is 12.4. The van der Waals surface area contributed by atoms with Crippen molar-refractivity contribution in [2.24, 2.45) is 0 Å². The number of nitrogens with zero attached hydrogens (tertiary/aromatic N) is 6. The maximum absolute atomic E-state index is 13.6. The number of aromatic nitrogens is 6. The van der Waals surface area contributed by atoms with E-state index in [2.05, 4.69) is 26.5 Å². The van der Waals surface area contributed by atoms with E-state index >= 15 is 0 Å². The summed E-state index contributed by atoms with van der Waals surface area (Å²) < 4.78 is 1.55. The molecule has 3 aromatic heterocycles. The van der Waals surface area contributed by atoms with Crippen molar-refractivity contribution in [3.8, 4) is 0 Å². The molecule has 5 rings (SSSR count). The topological polar surface area (TPSA) is 110 Å². The van der Waals surface area contributed by atoms with Crippen molar-refractivity contribution >= 4 is 45.1 Å². The Morgan fingerprint density at radius 3 is 2.59 bits per heavy atom. The van der Waals surface area contributed by atoms with Gasteiger partial charge in [-0.3, -0.25) is 14.2 Å². The fourth-order valence-corrected chi connectivity index (χ4v) is 4.67. The summed E-state index contributed by atoms with van der Waals surface area (Å²) in [5.74, 6) is 0.997. The number of anilines is 1. The van der Waals surface area contributed by atoms with Crippen molar-refractivity contribution in [3.05, 3.63) is 81.1 Å². The molecule has 1 atom stereocenters. The molecule has 0 spiro atoms. The highest BCUT2D eigenvalue weighted by atomic mass is 35.5. The van der Waals surface area contributed by atoms with Gasteiger partial charge in [-0.05, 0) is 38.0 Å². The molecule has 4 aromatic rings. The van der Waals surface area contributed by atoms with Crippen LogP contribution in [0.2, 0.25) is 5.02 Å². The normalized spacial score (nSPS) is 15.1. The van der Waals surface area contributed by atoms with Gasteiger partial charge in [-0.15, -0.1) is 0 Å². The Morgan fingerprint density at radius 2 is 1.89 bits per heavy atom. The van der Waals surface area contributed by atoms with Crippen LogP contribution in [0.15, 0.2) is 59.2 Å². The Hall–Kier alpha value is -3.85. The SMILES string of the molecule is C=C/C(=C\C)n1c(C2CCCN2c2ncnc3nc[nH]c(=O)c23)nc2cccc(Cl)c2c1=O.CC.CC. The number of hydrogen-bond acceptors (Lipinski definition) is 7. The van der Waals surface area contributed by atoms with Crippen LogP contribution < -0.4 is 16.0 Å². The van der Waals surface area contributed by atoms with E-state index in [9.17, 15) is 9.59 Å². The molecule has 194 valence electrons. The predicted octanol–water partition coefficient (Wildman–Crippen LogP) is 5.52. The number of hydrogen-bond donors (Lipinski definition) is 1. The lowest BCUT2D eigenvalue weighted by molar-refractivity contribution is 0.639. The molecule has 0 radical (unpaired) electrons. The van der Waals surface area contributed by atoms with Crippen LogP contribution in [0.1, 0.15) is 59.3 Å². The van der Waals surface area contributed by atoms with Crippen LogP contribution in [-0.2, 0) is 0 Å². The molecule has 0 aliphatic carbocycles. The van der Waals surface area contributed by atoms with Gasteiger partial charge < -0.3 is 9.88 Å². The molecule has 1 fully saturated rings. The summed E-state index contributed by atoms with van der Waals surface area (Å²) >= 11 is 6.37. The van der Waals surface area contributed by atoms with Crippen molar-refractivity contribution in [2.75, 3.05) is 11.4 Å². The zero-order valence-corrected chi connectivity index (χ0v) is 22.6. The first kappa shape index (κ1) is 27.7. The molecule has 0 bridgehead atoms. The molecule has 1 aliphatic heterocycles. The monoisotopic (exact) mass is 521 g/mol. The Labute approximate surface area is 220 Å². The van der Waals surface area contributed by atoms with Crippen LogP contribution in [0, 0.1) is 0 Å². The van der Waals surface area contributed by atoms with Gasteiger partial charge in [0.2, 0.25) is 0 Å². The standard InChI is InChI=1S/C23H20ClN7O2.2C2H6/c1-3-13(4-2)31-20(29-15-8-5-7-14(24)17(15)23(31)33)16-9-6-10-30(16)21-18-19(25-11-27-21)26-12-28-22(18)32;2*1-2/h3-5,7-8,11-12,16H,1,6,9-10H2,2H3,(H,25,26,27,28,32);2*1-2H3/b13-4+;;. The van der Waals surface area contributed by atoms with Gasteiger partial charge in [0.1, 0.15) is 23.4 Å². The van der Waals surface area contributed by atoms with Crippen LogP contribution in [0.5, 0.6) is 0 Å². The van der Waals surface area contributed by atoms with E-state index < -0.39 is 0 Å². The molecule has 1 N–H and O–H groups in total. The summed E-state index contributed by atoms with van der Waals surface area (Å²) in [6.07, 6.45) is 7.67. The van der Waals surface area contributed by atoms with Crippen LogP contribution in [0.3, 0.4) is 0 Å². The summed E-state index contributed by atoms with van der Waals surface area (Å²) in [6, 6.07) is 4.90. The van der Waals surface area contributed by atoms with E-state index in [-0.39, 0.29) is 17.2 Å². The first-order chi connectivity index (χ1) is 18.0. The summed E-state index contributed by atoms with van der Waals surface area (Å²) in [5, 5.41) is 0.994. The van der Waals surface area contributed by atoms with E-state index in [0.29, 0.717) is 50.8 Å². The smallest absolute Gasteiger partial charge is 0.267 e. The number of H-pyrrole nitrogens is 1. The molecule has 0 amide bonds. The van der Waals surface area contributed by atoms with E-state index in [1.807, 2.05) is 39.5 Å². The highest BCUT2D eigenvalue weighted by Gasteiger charge is 2.33. The quantitative estimate of drug-likeness (QED) is 0.352. The molecular formula is C27H32ClN7O2. The zero-order valence-electron chi connectivity index (χ0n) is 21.8. The lowest BCUT2D eigenvalue weighted by Crippen LogP contribution is -2.33. The van der Waals surface area contributed by atoms with Crippen molar-refractivity contribution in [2.45, 2.75) is 53.5 Å². The molecule has 9 nitrogen and oxygen atoms in total. The number of halogens is 1. The van der Waals surface area contributed by atoms with Crippen molar-refractivity contribution in [1.29, 1.82) is 0 Å². The van der Waals surface area contributed by atoms with Gasteiger partial charge in [-0.1, -0.05) is 58.0 Å². The van der Waals surface area contributed by atoms with E-state index in [1.165, 1.54) is 12.7 Å². The number of nitrogens with one attached hydrogen (secondary N) is 1. The third kappa shape index (κ3) is 5.04. The molecule has 0 saturated carbocycles. The van der Waals surface area contributed by atoms with E-state index in [0.717, 1.165) is 12.8 Å². The van der Waals surface area contributed by atoms with Gasteiger partial charge >= 0.3 is 0 Å².